The molecule has 0 aromatic heterocycles. The molecular weight excluding hydrogens is 285 g/mol. The summed E-state index contributed by atoms with van der Waals surface area (Å²) in [6.07, 6.45) is 0. The summed E-state index contributed by atoms with van der Waals surface area (Å²) in [5.41, 5.74) is 0.457. The molecule has 0 aliphatic heterocycles. The standard InChI is InChI=1S/C14H11F3N2O2/c15-9-5-7-10(8-6-9)18-14(20)19-11-3-1-2-4-12(11)21-13(16)17/h1-8,13H,(H2,18,19,20). The van der Waals surface area contributed by atoms with Crippen LogP contribution < -0.4 is 15.4 Å². The van der Waals surface area contributed by atoms with Crippen molar-refractivity contribution in [2.75, 3.05) is 10.6 Å². The summed E-state index contributed by atoms with van der Waals surface area (Å²) in [4.78, 5) is 11.7. The Labute approximate surface area is 118 Å². The van der Waals surface area contributed by atoms with E-state index in [-0.39, 0.29) is 11.4 Å². The number of alkyl halides is 2. The van der Waals surface area contributed by atoms with Crippen molar-refractivity contribution in [1.29, 1.82) is 0 Å². The van der Waals surface area contributed by atoms with Crippen LogP contribution in [0.4, 0.5) is 29.3 Å². The summed E-state index contributed by atoms with van der Waals surface area (Å²) >= 11 is 0. The van der Waals surface area contributed by atoms with Gasteiger partial charge < -0.3 is 15.4 Å². The number of hydrogen-bond acceptors (Lipinski definition) is 2. The number of hydrogen-bond donors (Lipinski definition) is 2. The first-order chi connectivity index (χ1) is 10.0. The predicted octanol–water partition coefficient (Wildman–Crippen LogP) is 4.07. The van der Waals surface area contributed by atoms with Crippen molar-refractivity contribution in [2.24, 2.45) is 0 Å². The topological polar surface area (TPSA) is 50.4 Å². The molecule has 0 atom stereocenters. The van der Waals surface area contributed by atoms with Crippen molar-refractivity contribution in [3.8, 4) is 5.75 Å². The maximum Gasteiger partial charge on any atom is 0.387 e. The molecule has 0 spiro atoms. The Bertz CT molecular complexity index is 618. The van der Waals surface area contributed by atoms with Gasteiger partial charge in [0, 0.05) is 5.69 Å². The molecule has 0 bridgehead atoms. The number of carbonyl (C=O) groups excluding carboxylic acids is 1. The molecule has 0 radical (unpaired) electrons. The third kappa shape index (κ3) is 4.41. The van der Waals surface area contributed by atoms with Crippen molar-refractivity contribution in [1.82, 2.24) is 0 Å². The first-order valence-electron chi connectivity index (χ1n) is 5.92. The van der Waals surface area contributed by atoms with Gasteiger partial charge in [-0.3, -0.25) is 0 Å². The Kier molecular flexibility index (Phi) is 4.65. The summed E-state index contributed by atoms with van der Waals surface area (Å²) in [5.74, 6) is -0.585. The molecule has 21 heavy (non-hydrogen) atoms. The quantitative estimate of drug-likeness (QED) is 0.893. The molecule has 0 saturated carbocycles. The zero-order valence-corrected chi connectivity index (χ0v) is 10.6. The van der Waals surface area contributed by atoms with E-state index >= 15 is 0 Å². The number of halogens is 3. The minimum absolute atomic E-state index is 0.0948. The van der Waals surface area contributed by atoms with Crippen molar-refractivity contribution in [2.45, 2.75) is 6.61 Å². The highest BCUT2D eigenvalue weighted by Crippen LogP contribution is 2.25. The molecule has 0 unspecified atom stereocenters. The molecule has 2 aromatic carbocycles. The van der Waals surface area contributed by atoms with Crippen LogP contribution >= 0.6 is 0 Å². The molecular formula is C14H11F3N2O2. The maximum absolute atomic E-state index is 12.7. The van der Waals surface area contributed by atoms with Crippen molar-refractivity contribution < 1.29 is 22.7 Å². The van der Waals surface area contributed by atoms with E-state index in [0.29, 0.717) is 5.69 Å². The van der Waals surface area contributed by atoms with Gasteiger partial charge in [-0.05, 0) is 36.4 Å². The van der Waals surface area contributed by atoms with Crippen LogP contribution in [0.1, 0.15) is 0 Å². The van der Waals surface area contributed by atoms with E-state index < -0.39 is 18.5 Å². The van der Waals surface area contributed by atoms with E-state index in [1.807, 2.05) is 0 Å². The number of amides is 2. The van der Waals surface area contributed by atoms with E-state index in [9.17, 15) is 18.0 Å². The van der Waals surface area contributed by atoms with E-state index in [2.05, 4.69) is 15.4 Å². The minimum atomic E-state index is -2.99. The zero-order valence-electron chi connectivity index (χ0n) is 10.6. The number of benzene rings is 2. The van der Waals surface area contributed by atoms with Gasteiger partial charge in [-0.25, -0.2) is 9.18 Å². The van der Waals surface area contributed by atoms with Crippen LogP contribution in [0.25, 0.3) is 0 Å². The summed E-state index contributed by atoms with van der Waals surface area (Å²) in [5, 5.41) is 4.82. The van der Waals surface area contributed by atoms with Crippen LogP contribution in [-0.4, -0.2) is 12.6 Å². The van der Waals surface area contributed by atoms with E-state index in [1.54, 1.807) is 6.07 Å². The van der Waals surface area contributed by atoms with Crippen LogP contribution in [0.15, 0.2) is 48.5 Å². The Hall–Kier alpha value is -2.70. The summed E-state index contributed by atoms with van der Waals surface area (Å²) in [7, 11) is 0. The van der Waals surface area contributed by atoms with Gasteiger partial charge in [-0.2, -0.15) is 8.78 Å². The van der Waals surface area contributed by atoms with Crippen molar-refractivity contribution >= 4 is 17.4 Å². The van der Waals surface area contributed by atoms with Crippen LogP contribution in [0, 0.1) is 5.82 Å². The molecule has 0 aliphatic rings. The van der Waals surface area contributed by atoms with Gasteiger partial charge in [0.25, 0.3) is 0 Å². The number of rotatable bonds is 4. The fraction of sp³-hybridized carbons (Fsp3) is 0.0714. The summed E-state index contributed by atoms with van der Waals surface area (Å²) < 4.78 is 41.5. The molecule has 0 heterocycles. The summed E-state index contributed by atoms with van der Waals surface area (Å²) in [6, 6.07) is 10.2. The Morgan fingerprint density at radius 1 is 1.00 bits per heavy atom. The number of nitrogens with one attached hydrogen (secondary N) is 2. The lowest BCUT2D eigenvalue weighted by molar-refractivity contribution is -0.0493. The molecule has 110 valence electrons. The van der Waals surface area contributed by atoms with Crippen LogP contribution in [0.5, 0.6) is 5.75 Å². The van der Waals surface area contributed by atoms with Crippen molar-refractivity contribution in [3.63, 3.8) is 0 Å². The lowest BCUT2D eigenvalue weighted by Crippen LogP contribution is -2.20. The number of carbonyl (C=O) groups is 1. The van der Waals surface area contributed by atoms with E-state index in [0.717, 1.165) is 0 Å². The minimum Gasteiger partial charge on any atom is -0.433 e. The molecule has 4 nitrogen and oxygen atoms in total. The fourth-order valence-electron chi connectivity index (χ4n) is 1.59. The van der Waals surface area contributed by atoms with Crippen LogP contribution in [-0.2, 0) is 0 Å². The second-order valence-corrected chi connectivity index (χ2v) is 3.96. The SMILES string of the molecule is O=C(Nc1ccc(F)cc1)Nc1ccccc1OC(F)F. The smallest absolute Gasteiger partial charge is 0.387 e. The van der Waals surface area contributed by atoms with Gasteiger partial charge in [-0.1, -0.05) is 12.1 Å². The highest BCUT2D eigenvalue weighted by molar-refractivity contribution is 6.00. The first-order valence-corrected chi connectivity index (χ1v) is 5.92. The fourth-order valence-corrected chi connectivity index (χ4v) is 1.59. The van der Waals surface area contributed by atoms with E-state index in [4.69, 9.17) is 0 Å². The number of anilines is 2. The average Bonchev–Trinajstić information content (AvgIpc) is 2.43. The third-order valence-corrected chi connectivity index (χ3v) is 2.45. The van der Waals surface area contributed by atoms with Crippen LogP contribution in [0.2, 0.25) is 0 Å². The zero-order chi connectivity index (χ0) is 15.2. The van der Waals surface area contributed by atoms with E-state index in [1.165, 1.54) is 42.5 Å². The number of para-hydroxylation sites is 2. The third-order valence-electron chi connectivity index (χ3n) is 2.45. The number of ether oxygens (including phenoxy) is 1. The second kappa shape index (κ2) is 6.65. The van der Waals surface area contributed by atoms with Gasteiger partial charge in [0.05, 0.1) is 5.69 Å². The maximum atomic E-state index is 12.7. The highest BCUT2D eigenvalue weighted by atomic mass is 19.3. The molecule has 0 saturated heterocycles. The summed E-state index contributed by atoms with van der Waals surface area (Å²) in [6.45, 7) is -2.99. The largest absolute Gasteiger partial charge is 0.433 e. The lowest BCUT2D eigenvalue weighted by atomic mass is 10.3. The van der Waals surface area contributed by atoms with Gasteiger partial charge >= 0.3 is 12.6 Å². The lowest BCUT2D eigenvalue weighted by Gasteiger charge is -2.12. The van der Waals surface area contributed by atoms with Gasteiger partial charge in [0.2, 0.25) is 0 Å². The molecule has 2 rings (SSSR count). The van der Waals surface area contributed by atoms with Gasteiger partial charge in [0.1, 0.15) is 11.6 Å². The van der Waals surface area contributed by atoms with Crippen molar-refractivity contribution in [3.05, 3.63) is 54.3 Å². The highest BCUT2D eigenvalue weighted by Gasteiger charge is 2.11. The average molecular weight is 296 g/mol. The molecule has 2 aromatic rings. The number of urea groups is 1. The van der Waals surface area contributed by atoms with Gasteiger partial charge in [0.15, 0.2) is 0 Å². The normalized spacial score (nSPS) is 10.3. The van der Waals surface area contributed by atoms with Gasteiger partial charge in [-0.15, -0.1) is 0 Å². The first kappa shape index (κ1) is 14.7. The Morgan fingerprint density at radius 3 is 2.33 bits per heavy atom. The second-order valence-electron chi connectivity index (χ2n) is 3.96. The molecule has 7 heteroatoms. The molecule has 2 amide bonds. The van der Waals surface area contributed by atoms with Crippen LogP contribution in [0.3, 0.4) is 0 Å². The molecule has 2 N–H and O–H groups in total. The predicted molar refractivity (Wildman–Crippen MR) is 72.1 cm³/mol. The monoisotopic (exact) mass is 296 g/mol. The Balaban J connectivity index is 2.04. The molecule has 0 aliphatic carbocycles. The molecule has 0 fully saturated rings. The Morgan fingerprint density at radius 2 is 1.67 bits per heavy atom.